The van der Waals surface area contributed by atoms with Crippen LogP contribution < -0.4 is 10.6 Å². The van der Waals surface area contributed by atoms with Gasteiger partial charge in [-0.3, -0.25) is 0 Å². The third-order valence-corrected chi connectivity index (χ3v) is 3.61. The van der Waals surface area contributed by atoms with Crippen molar-refractivity contribution in [2.45, 2.75) is 39.4 Å². The molecule has 0 unspecified atom stereocenters. The van der Waals surface area contributed by atoms with E-state index in [0.29, 0.717) is 5.56 Å². The van der Waals surface area contributed by atoms with Crippen molar-refractivity contribution in [2.24, 2.45) is 5.73 Å². The van der Waals surface area contributed by atoms with Crippen LogP contribution in [0.5, 0.6) is 0 Å². The smallest absolute Gasteiger partial charge is 0.130 e. The molecule has 0 aliphatic heterocycles. The van der Waals surface area contributed by atoms with Crippen molar-refractivity contribution < 1.29 is 4.39 Å². The molecule has 0 spiro atoms. The fourth-order valence-electron chi connectivity index (χ4n) is 2.55. The second kappa shape index (κ2) is 6.72. The van der Waals surface area contributed by atoms with E-state index in [9.17, 15) is 4.39 Å². The summed E-state index contributed by atoms with van der Waals surface area (Å²) >= 11 is 0. The Morgan fingerprint density at radius 2 is 1.67 bits per heavy atom. The fraction of sp³-hybridized carbons (Fsp3) is 0.333. The third kappa shape index (κ3) is 3.61. The zero-order chi connectivity index (χ0) is 15.4. The number of benzene rings is 2. The molecular weight excluding hydrogens is 263 g/mol. The van der Waals surface area contributed by atoms with Gasteiger partial charge < -0.3 is 10.6 Å². The van der Waals surface area contributed by atoms with Crippen LogP contribution in [0.2, 0.25) is 0 Å². The van der Waals surface area contributed by atoms with Crippen LogP contribution in [0.4, 0.5) is 10.1 Å². The summed E-state index contributed by atoms with van der Waals surface area (Å²) in [5, 5.41) is 0. The Kier molecular flexibility index (Phi) is 4.97. The van der Waals surface area contributed by atoms with Gasteiger partial charge in [-0.1, -0.05) is 36.4 Å². The Hall–Kier alpha value is -1.87. The lowest BCUT2D eigenvalue weighted by Crippen LogP contribution is -2.32. The van der Waals surface area contributed by atoms with Crippen LogP contribution in [0.15, 0.2) is 48.5 Å². The van der Waals surface area contributed by atoms with E-state index in [1.54, 1.807) is 6.07 Å². The van der Waals surface area contributed by atoms with Crippen molar-refractivity contribution in [2.75, 3.05) is 4.90 Å². The van der Waals surface area contributed by atoms with E-state index in [4.69, 9.17) is 5.73 Å². The van der Waals surface area contributed by atoms with Crippen LogP contribution in [-0.4, -0.2) is 6.04 Å². The molecule has 3 heteroatoms. The van der Waals surface area contributed by atoms with E-state index >= 15 is 0 Å². The molecule has 2 aromatic carbocycles. The second-order valence-electron chi connectivity index (χ2n) is 5.67. The number of hydrogen-bond acceptors (Lipinski definition) is 2. The quantitative estimate of drug-likeness (QED) is 0.890. The fourth-order valence-corrected chi connectivity index (χ4v) is 2.55. The van der Waals surface area contributed by atoms with Crippen LogP contribution in [0.3, 0.4) is 0 Å². The molecule has 112 valence electrons. The average molecular weight is 286 g/mol. The molecule has 21 heavy (non-hydrogen) atoms. The Morgan fingerprint density at radius 1 is 1.00 bits per heavy atom. The number of rotatable bonds is 5. The standard InChI is InChI=1S/C18H23FN2/c1-13(2)21(12-15-8-5-4-6-9-15)17-11-7-10-16(19)18(17)14(3)20/h4-11,13-14H,12,20H2,1-3H3/t14-/m0/s1. The molecule has 0 heterocycles. The minimum Gasteiger partial charge on any atom is -0.364 e. The summed E-state index contributed by atoms with van der Waals surface area (Å²) in [7, 11) is 0. The lowest BCUT2D eigenvalue weighted by molar-refractivity contribution is 0.586. The molecule has 0 aliphatic rings. The SMILES string of the molecule is CC(C)N(Cc1ccccc1)c1cccc(F)c1[C@H](C)N. The van der Waals surface area contributed by atoms with Gasteiger partial charge in [0.05, 0.1) is 0 Å². The Balaban J connectivity index is 2.42. The minimum absolute atomic E-state index is 0.235. The van der Waals surface area contributed by atoms with Crippen molar-refractivity contribution >= 4 is 5.69 Å². The van der Waals surface area contributed by atoms with Gasteiger partial charge >= 0.3 is 0 Å². The molecule has 0 saturated heterocycles. The number of hydrogen-bond donors (Lipinski definition) is 1. The lowest BCUT2D eigenvalue weighted by atomic mass is 10.0. The van der Waals surface area contributed by atoms with Gasteiger partial charge in [-0.05, 0) is 38.5 Å². The van der Waals surface area contributed by atoms with Gasteiger partial charge in [0.15, 0.2) is 0 Å². The highest BCUT2D eigenvalue weighted by molar-refractivity contribution is 5.56. The van der Waals surface area contributed by atoms with Crippen LogP contribution in [0.1, 0.15) is 37.9 Å². The van der Waals surface area contributed by atoms with Crippen LogP contribution in [0.25, 0.3) is 0 Å². The van der Waals surface area contributed by atoms with Crippen LogP contribution in [-0.2, 0) is 6.54 Å². The van der Waals surface area contributed by atoms with Gasteiger partial charge in [-0.2, -0.15) is 0 Å². The molecular formula is C18H23FN2. The van der Waals surface area contributed by atoms with Gasteiger partial charge in [-0.15, -0.1) is 0 Å². The van der Waals surface area contributed by atoms with Crippen LogP contribution in [0, 0.1) is 5.82 Å². The first-order valence-electron chi connectivity index (χ1n) is 7.35. The first kappa shape index (κ1) is 15.5. The lowest BCUT2D eigenvalue weighted by Gasteiger charge is -2.32. The van der Waals surface area contributed by atoms with Crippen molar-refractivity contribution in [3.63, 3.8) is 0 Å². The molecule has 2 N–H and O–H groups in total. The maximum absolute atomic E-state index is 14.2. The highest BCUT2D eigenvalue weighted by Gasteiger charge is 2.19. The maximum atomic E-state index is 14.2. The van der Waals surface area contributed by atoms with Gasteiger partial charge in [0.1, 0.15) is 5.82 Å². The predicted molar refractivity (Wildman–Crippen MR) is 86.8 cm³/mol. The summed E-state index contributed by atoms with van der Waals surface area (Å²) < 4.78 is 14.2. The van der Waals surface area contributed by atoms with Gasteiger partial charge in [0.2, 0.25) is 0 Å². The third-order valence-electron chi connectivity index (χ3n) is 3.61. The number of nitrogens with two attached hydrogens (primary N) is 1. The minimum atomic E-state index is -0.335. The number of nitrogens with zero attached hydrogens (tertiary/aromatic N) is 1. The number of halogens is 1. The van der Waals surface area contributed by atoms with Crippen LogP contribution >= 0.6 is 0 Å². The normalized spacial score (nSPS) is 12.5. The molecule has 2 rings (SSSR count). The topological polar surface area (TPSA) is 29.3 Å². The summed E-state index contributed by atoms with van der Waals surface area (Å²) in [6.45, 7) is 6.78. The zero-order valence-corrected chi connectivity index (χ0v) is 12.9. The Morgan fingerprint density at radius 3 is 2.24 bits per heavy atom. The predicted octanol–water partition coefficient (Wildman–Crippen LogP) is 4.26. The first-order chi connectivity index (χ1) is 10.0. The number of anilines is 1. The van der Waals surface area contributed by atoms with Gasteiger partial charge in [0.25, 0.3) is 0 Å². The summed E-state index contributed by atoms with van der Waals surface area (Å²) in [5.74, 6) is -0.235. The molecule has 0 aliphatic carbocycles. The monoisotopic (exact) mass is 286 g/mol. The summed E-state index contributed by atoms with van der Waals surface area (Å²) in [5.41, 5.74) is 8.64. The van der Waals surface area contributed by atoms with Crippen molar-refractivity contribution in [3.8, 4) is 0 Å². The van der Waals surface area contributed by atoms with E-state index in [0.717, 1.165) is 12.2 Å². The van der Waals surface area contributed by atoms with E-state index < -0.39 is 0 Å². The molecule has 0 saturated carbocycles. The second-order valence-corrected chi connectivity index (χ2v) is 5.67. The average Bonchev–Trinajstić information content (AvgIpc) is 2.45. The Bertz CT molecular complexity index is 579. The molecule has 0 radical (unpaired) electrons. The van der Waals surface area contributed by atoms with E-state index in [-0.39, 0.29) is 17.9 Å². The van der Waals surface area contributed by atoms with E-state index in [1.807, 2.05) is 31.2 Å². The van der Waals surface area contributed by atoms with Crippen molar-refractivity contribution in [1.29, 1.82) is 0 Å². The highest BCUT2D eigenvalue weighted by atomic mass is 19.1. The molecule has 2 aromatic rings. The molecule has 1 atom stereocenters. The summed E-state index contributed by atoms with van der Waals surface area (Å²) in [4.78, 5) is 2.19. The molecule has 0 amide bonds. The molecule has 0 fully saturated rings. The van der Waals surface area contributed by atoms with Crippen molar-refractivity contribution in [3.05, 3.63) is 65.5 Å². The largest absolute Gasteiger partial charge is 0.364 e. The van der Waals surface area contributed by atoms with E-state index in [1.165, 1.54) is 11.6 Å². The summed E-state index contributed by atoms with van der Waals surface area (Å²) in [6, 6.07) is 15.3. The summed E-state index contributed by atoms with van der Waals surface area (Å²) in [6.07, 6.45) is 0. The zero-order valence-electron chi connectivity index (χ0n) is 12.9. The molecule has 0 aromatic heterocycles. The van der Waals surface area contributed by atoms with E-state index in [2.05, 4.69) is 30.9 Å². The van der Waals surface area contributed by atoms with Crippen molar-refractivity contribution in [1.82, 2.24) is 0 Å². The van der Waals surface area contributed by atoms with Gasteiger partial charge in [0, 0.05) is 29.9 Å². The first-order valence-corrected chi connectivity index (χ1v) is 7.35. The highest BCUT2D eigenvalue weighted by Crippen LogP contribution is 2.30. The molecule has 2 nitrogen and oxygen atoms in total. The van der Waals surface area contributed by atoms with Gasteiger partial charge in [-0.25, -0.2) is 4.39 Å². The Labute approximate surface area is 126 Å². The molecule has 0 bridgehead atoms. The maximum Gasteiger partial charge on any atom is 0.130 e.